The maximum atomic E-state index is 7.96. The van der Waals surface area contributed by atoms with Gasteiger partial charge in [0.2, 0.25) is 0 Å². The van der Waals surface area contributed by atoms with Crippen molar-refractivity contribution in [1.82, 2.24) is 0 Å². The third-order valence-corrected chi connectivity index (χ3v) is 1.06. The van der Waals surface area contributed by atoms with E-state index in [1.54, 1.807) is 0 Å². The van der Waals surface area contributed by atoms with Gasteiger partial charge < -0.3 is 16.9 Å². The Morgan fingerprint density at radius 1 is 1.30 bits per heavy atom. The number of hydrogen-bond acceptors (Lipinski definition) is 2. The first-order valence-electron chi connectivity index (χ1n) is 3.13. The molecule has 3 nitrogen and oxygen atoms in total. The molecule has 0 aromatic heterocycles. The summed E-state index contributed by atoms with van der Waals surface area (Å²) in [7, 11) is 6.33. The lowest BCUT2D eigenvalue weighted by molar-refractivity contribution is -0.870. The topological polar surface area (TPSA) is 29.5 Å². The van der Waals surface area contributed by atoms with Crippen LogP contribution in [0.25, 0.3) is 0 Å². The van der Waals surface area contributed by atoms with E-state index in [4.69, 9.17) is 5.26 Å². The molecule has 0 heterocycles. The van der Waals surface area contributed by atoms with Gasteiger partial charge in [-0.15, -0.1) is 0 Å². The van der Waals surface area contributed by atoms with Crippen molar-refractivity contribution in [2.24, 2.45) is 0 Å². The van der Waals surface area contributed by atoms with E-state index in [0.29, 0.717) is 6.61 Å². The minimum atomic E-state index is 0. The fourth-order valence-electron chi connectivity index (χ4n) is 0.603. The molecule has 0 atom stereocenters. The molecule has 0 aliphatic carbocycles. The first-order chi connectivity index (χ1) is 4.06. The number of quaternary nitrogens is 1. The zero-order chi connectivity index (χ0) is 7.33. The van der Waals surface area contributed by atoms with E-state index in [1.807, 2.05) is 0 Å². The molecule has 4 heteroatoms. The van der Waals surface area contributed by atoms with Crippen LogP contribution < -0.4 is 12.4 Å². The standard InChI is InChI=1S/C6H15NO2.ClH/c1-7(2,3)5-4-6-9-8;/h4-6H2,1-3H3;1H. The number of rotatable bonds is 4. The van der Waals surface area contributed by atoms with Crippen LogP contribution in [0.2, 0.25) is 0 Å². The van der Waals surface area contributed by atoms with Gasteiger partial charge in [0.1, 0.15) is 0 Å². The van der Waals surface area contributed by atoms with E-state index in [1.165, 1.54) is 0 Å². The van der Waals surface area contributed by atoms with Gasteiger partial charge in [-0.2, -0.15) is 0 Å². The summed E-state index contributed by atoms with van der Waals surface area (Å²) in [5, 5.41) is 7.96. The summed E-state index contributed by atoms with van der Waals surface area (Å²) in [6, 6.07) is 0. The van der Waals surface area contributed by atoms with Gasteiger partial charge in [0.15, 0.2) is 0 Å². The van der Waals surface area contributed by atoms with Crippen LogP contribution >= 0.6 is 0 Å². The fourth-order valence-corrected chi connectivity index (χ4v) is 0.603. The molecule has 0 amide bonds. The molecule has 0 unspecified atom stereocenters. The highest BCUT2D eigenvalue weighted by atomic mass is 35.5. The van der Waals surface area contributed by atoms with E-state index in [0.717, 1.165) is 17.4 Å². The second kappa shape index (κ2) is 5.92. The molecule has 64 valence electrons. The molecule has 0 bridgehead atoms. The van der Waals surface area contributed by atoms with Crippen LogP contribution in [0.4, 0.5) is 0 Å². The van der Waals surface area contributed by atoms with Crippen molar-refractivity contribution in [3.05, 3.63) is 0 Å². The van der Waals surface area contributed by atoms with Gasteiger partial charge in [0, 0.05) is 6.42 Å². The molecule has 1 N–H and O–H groups in total. The SMILES string of the molecule is C[N+](C)(C)CCCOO.[Cl-]. The summed E-state index contributed by atoms with van der Waals surface area (Å²) in [4.78, 5) is 3.93. The summed E-state index contributed by atoms with van der Waals surface area (Å²) in [6.45, 7) is 1.47. The quantitative estimate of drug-likeness (QED) is 0.220. The third-order valence-electron chi connectivity index (χ3n) is 1.06. The number of halogens is 1. The Bertz CT molecular complexity index is 72.6. The van der Waals surface area contributed by atoms with Crippen molar-refractivity contribution in [3.63, 3.8) is 0 Å². The van der Waals surface area contributed by atoms with Crippen molar-refractivity contribution in [2.75, 3.05) is 34.3 Å². The zero-order valence-corrected chi connectivity index (χ0v) is 7.56. The molecule has 0 aliphatic heterocycles. The van der Waals surface area contributed by atoms with Crippen LogP contribution in [0.15, 0.2) is 0 Å². The third kappa shape index (κ3) is 11.0. The molecule has 0 saturated heterocycles. The van der Waals surface area contributed by atoms with Crippen molar-refractivity contribution in [1.29, 1.82) is 0 Å². The molecule has 0 aliphatic rings. The average Bonchev–Trinajstić information content (AvgIpc) is 1.63. The summed E-state index contributed by atoms with van der Waals surface area (Å²) in [5.74, 6) is 0. The minimum Gasteiger partial charge on any atom is -1.00 e. The Morgan fingerprint density at radius 3 is 2.10 bits per heavy atom. The van der Waals surface area contributed by atoms with Crippen molar-refractivity contribution < 1.29 is 27.0 Å². The fraction of sp³-hybridized carbons (Fsp3) is 1.00. The van der Waals surface area contributed by atoms with Crippen LogP contribution in [0.5, 0.6) is 0 Å². The van der Waals surface area contributed by atoms with E-state index in [2.05, 4.69) is 26.0 Å². The number of nitrogens with zero attached hydrogens (tertiary/aromatic N) is 1. The second-order valence-electron chi connectivity index (χ2n) is 3.20. The molecular weight excluding hydrogens is 154 g/mol. The first kappa shape index (κ1) is 12.8. The molecule has 10 heavy (non-hydrogen) atoms. The summed E-state index contributed by atoms with van der Waals surface area (Å²) in [5.41, 5.74) is 0. The molecule has 0 aromatic rings. The Balaban J connectivity index is 0. The normalized spacial score (nSPS) is 10.8. The molecule has 0 radical (unpaired) electrons. The van der Waals surface area contributed by atoms with Gasteiger partial charge in [-0.1, -0.05) is 0 Å². The molecule has 0 spiro atoms. The Morgan fingerprint density at radius 2 is 1.80 bits per heavy atom. The lowest BCUT2D eigenvalue weighted by Gasteiger charge is -2.23. The summed E-state index contributed by atoms with van der Waals surface area (Å²) in [6.07, 6.45) is 0.903. The van der Waals surface area contributed by atoms with Gasteiger partial charge >= 0.3 is 0 Å². The van der Waals surface area contributed by atoms with E-state index in [9.17, 15) is 0 Å². The molecule has 0 rings (SSSR count). The van der Waals surface area contributed by atoms with Gasteiger partial charge in [-0.05, 0) is 0 Å². The van der Waals surface area contributed by atoms with Crippen molar-refractivity contribution >= 4 is 0 Å². The predicted molar refractivity (Wildman–Crippen MR) is 36.1 cm³/mol. The second-order valence-corrected chi connectivity index (χ2v) is 3.20. The van der Waals surface area contributed by atoms with Crippen molar-refractivity contribution in [2.45, 2.75) is 6.42 Å². The maximum absolute atomic E-state index is 7.96. The molecular formula is C6H16ClNO2. The molecule has 0 saturated carbocycles. The number of hydrogen-bond donors (Lipinski definition) is 1. The summed E-state index contributed by atoms with van der Waals surface area (Å²) < 4.78 is 0.920. The van der Waals surface area contributed by atoms with Crippen LogP contribution in [-0.4, -0.2) is 44.0 Å². The highest BCUT2D eigenvalue weighted by molar-refractivity contribution is 4.29. The summed E-state index contributed by atoms with van der Waals surface area (Å²) >= 11 is 0. The van der Waals surface area contributed by atoms with Gasteiger partial charge in [0.25, 0.3) is 0 Å². The Hall–Kier alpha value is 0.170. The van der Waals surface area contributed by atoms with Crippen LogP contribution in [0.1, 0.15) is 6.42 Å². The van der Waals surface area contributed by atoms with E-state index in [-0.39, 0.29) is 12.4 Å². The first-order valence-corrected chi connectivity index (χ1v) is 3.13. The maximum Gasteiger partial charge on any atom is 0.0873 e. The smallest absolute Gasteiger partial charge is 0.0873 e. The predicted octanol–water partition coefficient (Wildman–Crippen LogP) is -2.42. The Labute approximate surface area is 68.5 Å². The lowest BCUT2D eigenvalue weighted by atomic mass is 10.4. The van der Waals surface area contributed by atoms with Crippen molar-refractivity contribution in [3.8, 4) is 0 Å². The van der Waals surface area contributed by atoms with Gasteiger partial charge in [-0.25, -0.2) is 4.89 Å². The van der Waals surface area contributed by atoms with Gasteiger partial charge in [0.05, 0.1) is 34.3 Å². The largest absolute Gasteiger partial charge is 1.00 e. The van der Waals surface area contributed by atoms with Crippen LogP contribution in [0.3, 0.4) is 0 Å². The monoisotopic (exact) mass is 169 g/mol. The van der Waals surface area contributed by atoms with E-state index < -0.39 is 0 Å². The van der Waals surface area contributed by atoms with E-state index >= 15 is 0 Å². The molecule has 0 aromatic carbocycles. The Kier molecular flexibility index (Phi) is 7.58. The average molecular weight is 170 g/mol. The minimum absolute atomic E-state index is 0. The highest BCUT2D eigenvalue weighted by Gasteiger charge is 2.04. The van der Waals surface area contributed by atoms with Crippen LogP contribution in [-0.2, 0) is 4.89 Å². The zero-order valence-electron chi connectivity index (χ0n) is 6.80. The lowest BCUT2D eigenvalue weighted by Crippen LogP contribution is -3.00. The highest BCUT2D eigenvalue weighted by Crippen LogP contribution is 1.92. The van der Waals surface area contributed by atoms with Crippen LogP contribution in [0, 0.1) is 0 Å². The molecule has 0 fully saturated rings. The van der Waals surface area contributed by atoms with Gasteiger partial charge in [-0.3, -0.25) is 5.26 Å².